The molecular formula is C8H10BrCl3N2O2S. The Morgan fingerprint density at radius 3 is 2.18 bits per heavy atom. The van der Waals surface area contributed by atoms with Crippen LogP contribution in [0.3, 0.4) is 0 Å². The van der Waals surface area contributed by atoms with Crippen molar-refractivity contribution >= 4 is 61.6 Å². The average Bonchev–Trinajstić information content (AvgIpc) is 2.12. The van der Waals surface area contributed by atoms with Crippen LogP contribution < -0.4 is 10.5 Å². The van der Waals surface area contributed by atoms with Crippen molar-refractivity contribution in [2.45, 2.75) is 4.90 Å². The summed E-state index contributed by atoms with van der Waals surface area (Å²) in [5, 5.41) is 0.118. The van der Waals surface area contributed by atoms with Crippen LogP contribution in [0, 0.1) is 0 Å². The number of rotatable bonds is 4. The molecule has 0 aliphatic carbocycles. The van der Waals surface area contributed by atoms with Gasteiger partial charge < -0.3 is 5.73 Å². The van der Waals surface area contributed by atoms with Gasteiger partial charge in [-0.2, -0.15) is 0 Å². The first kappa shape index (κ1) is 17.4. The molecule has 0 aliphatic heterocycles. The number of hydrogen-bond donors (Lipinski definition) is 2. The molecule has 0 aliphatic rings. The van der Waals surface area contributed by atoms with Gasteiger partial charge in [-0.15, -0.1) is 12.4 Å². The summed E-state index contributed by atoms with van der Waals surface area (Å²) in [6.45, 7) is 0.329. The topological polar surface area (TPSA) is 72.2 Å². The van der Waals surface area contributed by atoms with Crippen LogP contribution in [0.4, 0.5) is 0 Å². The van der Waals surface area contributed by atoms with E-state index in [0.29, 0.717) is 4.47 Å². The molecular weight excluding hydrogens is 374 g/mol. The van der Waals surface area contributed by atoms with Crippen molar-refractivity contribution in [2.75, 3.05) is 13.1 Å². The molecule has 1 rings (SSSR count). The van der Waals surface area contributed by atoms with Gasteiger partial charge >= 0.3 is 0 Å². The highest BCUT2D eigenvalue weighted by molar-refractivity contribution is 9.10. The molecule has 0 atom stereocenters. The fraction of sp³-hybridized carbons (Fsp3) is 0.250. The number of nitrogens with one attached hydrogen (secondary N) is 1. The van der Waals surface area contributed by atoms with Crippen LogP contribution in [0.25, 0.3) is 0 Å². The summed E-state index contributed by atoms with van der Waals surface area (Å²) >= 11 is 14.8. The Hall–Kier alpha value is 0.440. The van der Waals surface area contributed by atoms with Gasteiger partial charge in [0.1, 0.15) is 4.90 Å². The first-order chi connectivity index (χ1) is 7.38. The minimum atomic E-state index is -3.72. The van der Waals surface area contributed by atoms with Crippen molar-refractivity contribution in [2.24, 2.45) is 5.73 Å². The van der Waals surface area contributed by atoms with E-state index >= 15 is 0 Å². The van der Waals surface area contributed by atoms with Gasteiger partial charge in [0.25, 0.3) is 0 Å². The first-order valence-electron chi connectivity index (χ1n) is 4.23. The van der Waals surface area contributed by atoms with Crippen molar-refractivity contribution in [1.29, 1.82) is 0 Å². The van der Waals surface area contributed by atoms with Gasteiger partial charge in [-0.05, 0) is 12.1 Å². The maximum atomic E-state index is 11.8. The summed E-state index contributed by atoms with van der Waals surface area (Å²) in [5.74, 6) is 0. The smallest absolute Gasteiger partial charge is 0.243 e. The van der Waals surface area contributed by atoms with E-state index in [1.807, 2.05) is 0 Å². The highest BCUT2D eigenvalue weighted by Gasteiger charge is 2.21. The Balaban J connectivity index is 0.00000256. The van der Waals surface area contributed by atoms with Crippen molar-refractivity contribution in [3.8, 4) is 0 Å². The molecule has 1 aromatic rings. The molecule has 0 heterocycles. The molecule has 0 saturated heterocycles. The van der Waals surface area contributed by atoms with Crippen LogP contribution in [0.5, 0.6) is 0 Å². The van der Waals surface area contributed by atoms with E-state index in [1.54, 1.807) is 0 Å². The second kappa shape index (κ2) is 7.13. The van der Waals surface area contributed by atoms with E-state index < -0.39 is 10.0 Å². The van der Waals surface area contributed by atoms with Crippen molar-refractivity contribution in [3.05, 3.63) is 26.7 Å². The highest BCUT2D eigenvalue weighted by atomic mass is 79.9. The number of benzene rings is 1. The van der Waals surface area contributed by atoms with E-state index in [2.05, 4.69) is 20.7 Å². The van der Waals surface area contributed by atoms with Gasteiger partial charge in [-0.25, -0.2) is 13.1 Å². The molecule has 0 amide bonds. The molecule has 0 fully saturated rings. The monoisotopic (exact) mass is 382 g/mol. The van der Waals surface area contributed by atoms with Crippen LogP contribution in [0.1, 0.15) is 0 Å². The van der Waals surface area contributed by atoms with E-state index in [0.717, 1.165) is 0 Å². The number of hydrogen-bond acceptors (Lipinski definition) is 3. The summed E-state index contributed by atoms with van der Waals surface area (Å²) in [5.41, 5.74) is 5.21. The predicted octanol–water partition coefficient (Wildman–Crippen LogP) is 2.41. The molecule has 3 N–H and O–H groups in total. The molecule has 0 bridgehead atoms. The quantitative estimate of drug-likeness (QED) is 0.837. The standard InChI is InChI=1S/C8H9BrCl2N2O2S.ClH/c9-5-3-6(10)8(7(11)4-5)16(14,15)13-2-1-12;/h3-4,13H,1-2,12H2;1H. The molecule has 0 aromatic heterocycles. The Morgan fingerprint density at radius 1 is 1.29 bits per heavy atom. The second-order valence-electron chi connectivity index (χ2n) is 2.89. The molecule has 1 aromatic carbocycles. The van der Waals surface area contributed by atoms with Crippen LogP contribution >= 0.6 is 51.5 Å². The zero-order valence-electron chi connectivity index (χ0n) is 8.41. The Labute approximate surface area is 124 Å². The molecule has 9 heteroatoms. The third-order valence-electron chi connectivity index (χ3n) is 1.67. The van der Waals surface area contributed by atoms with Crippen LogP contribution in [0.15, 0.2) is 21.5 Å². The van der Waals surface area contributed by atoms with E-state index in [1.165, 1.54) is 12.1 Å². The second-order valence-corrected chi connectivity index (χ2v) is 6.32. The minimum Gasteiger partial charge on any atom is -0.329 e. The lowest BCUT2D eigenvalue weighted by Gasteiger charge is -2.09. The molecule has 0 saturated carbocycles. The Morgan fingerprint density at radius 2 is 1.76 bits per heavy atom. The number of halogens is 4. The lowest BCUT2D eigenvalue weighted by molar-refractivity contribution is 0.582. The molecule has 0 spiro atoms. The zero-order chi connectivity index (χ0) is 12.3. The van der Waals surface area contributed by atoms with Gasteiger partial charge in [-0.1, -0.05) is 39.1 Å². The highest BCUT2D eigenvalue weighted by Crippen LogP contribution is 2.32. The fourth-order valence-corrected chi connectivity index (χ4v) is 4.03. The van der Waals surface area contributed by atoms with Gasteiger partial charge in [0, 0.05) is 17.6 Å². The van der Waals surface area contributed by atoms with Gasteiger partial charge in [-0.3, -0.25) is 0 Å². The minimum absolute atomic E-state index is 0. The molecule has 0 unspecified atom stereocenters. The summed E-state index contributed by atoms with van der Waals surface area (Å²) in [7, 11) is -3.72. The summed E-state index contributed by atoms with van der Waals surface area (Å²) in [4.78, 5) is -0.132. The van der Waals surface area contributed by atoms with E-state index in [9.17, 15) is 8.42 Å². The predicted molar refractivity (Wildman–Crippen MR) is 75.7 cm³/mol. The lowest BCUT2D eigenvalue weighted by atomic mass is 10.4. The first-order valence-corrected chi connectivity index (χ1v) is 7.26. The molecule has 17 heavy (non-hydrogen) atoms. The SMILES string of the molecule is Cl.NCCNS(=O)(=O)c1c(Cl)cc(Br)cc1Cl. The Bertz CT molecular complexity index is 473. The maximum Gasteiger partial charge on any atom is 0.243 e. The summed E-state index contributed by atoms with van der Waals surface area (Å²) in [6.07, 6.45) is 0. The molecule has 98 valence electrons. The van der Waals surface area contributed by atoms with Crippen LogP contribution in [-0.2, 0) is 10.0 Å². The normalized spacial score (nSPS) is 11.1. The van der Waals surface area contributed by atoms with Crippen molar-refractivity contribution in [1.82, 2.24) is 4.72 Å². The van der Waals surface area contributed by atoms with Crippen molar-refractivity contribution < 1.29 is 8.42 Å². The van der Waals surface area contributed by atoms with E-state index in [-0.39, 0.29) is 40.4 Å². The average molecular weight is 385 g/mol. The third-order valence-corrected chi connectivity index (χ3v) is 4.51. The summed E-state index contributed by atoms with van der Waals surface area (Å²) < 4.78 is 26.5. The fourth-order valence-electron chi connectivity index (χ4n) is 1.05. The zero-order valence-corrected chi connectivity index (χ0v) is 13.1. The van der Waals surface area contributed by atoms with Crippen LogP contribution in [-0.4, -0.2) is 21.5 Å². The van der Waals surface area contributed by atoms with Crippen LogP contribution in [0.2, 0.25) is 10.0 Å². The van der Waals surface area contributed by atoms with Gasteiger partial charge in [0.2, 0.25) is 10.0 Å². The summed E-state index contributed by atoms with van der Waals surface area (Å²) in [6, 6.07) is 2.93. The maximum absolute atomic E-state index is 11.8. The van der Waals surface area contributed by atoms with E-state index in [4.69, 9.17) is 28.9 Å². The number of sulfonamides is 1. The molecule has 4 nitrogen and oxygen atoms in total. The third kappa shape index (κ3) is 4.55. The lowest BCUT2D eigenvalue weighted by Crippen LogP contribution is -2.29. The van der Waals surface area contributed by atoms with Gasteiger partial charge in [0.05, 0.1) is 10.0 Å². The molecule has 0 radical (unpaired) electrons. The Kier molecular flexibility index (Phi) is 7.32. The largest absolute Gasteiger partial charge is 0.329 e. The van der Waals surface area contributed by atoms with Crippen molar-refractivity contribution in [3.63, 3.8) is 0 Å². The number of nitrogens with two attached hydrogens (primary N) is 1. The van der Waals surface area contributed by atoms with Gasteiger partial charge in [0.15, 0.2) is 0 Å².